The molecule has 4 N–H and O–H groups in total. The first-order valence-electron chi connectivity index (χ1n) is 5.82. The molecule has 0 saturated carbocycles. The molecule has 0 radical (unpaired) electrons. The monoisotopic (exact) mass is 246 g/mol. The highest BCUT2D eigenvalue weighted by atomic mass is 16.5. The second kappa shape index (κ2) is 10.0. The number of carbonyl (C=O) groups is 2. The number of carbonyl (C=O) groups excluding carboxylic acids is 1. The SMILES string of the molecule is CC(CCNC(=O)COCCN)CCC(=O)O. The van der Waals surface area contributed by atoms with Gasteiger partial charge in [0.15, 0.2) is 0 Å². The minimum atomic E-state index is -0.781. The highest BCUT2D eigenvalue weighted by molar-refractivity contribution is 5.77. The fourth-order valence-corrected chi connectivity index (χ4v) is 1.27. The maximum atomic E-state index is 11.2. The number of amides is 1. The van der Waals surface area contributed by atoms with Crippen LogP contribution in [0, 0.1) is 5.92 Å². The van der Waals surface area contributed by atoms with Crippen LogP contribution >= 0.6 is 0 Å². The van der Waals surface area contributed by atoms with E-state index in [1.54, 1.807) is 0 Å². The average molecular weight is 246 g/mol. The van der Waals surface area contributed by atoms with E-state index >= 15 is 0 Å². The van der Waals surface area contributed by atoms with Crippen LogP contribution in [0.2, 0.25) is 0 Å². The van der Waals surface area contributed by atoms with Gasteiger partial charge in [-0.15, -0.1) is 0 Å². The molecule has 0 spiro atoms. The first-order valence-corrected chi connectivity index (χ1v) is 5.82. The normalized spacial score (nSPS) is 12.1. The maximum Gasteiger partial charge on any atom is 0.303 e. The Morgan fingerprint density at radius 2 is 2.12 bits per heavy atom. The molecule has 0 fully saturated rings. The number of nitrogens with two attached hydrogens (primary N) is 1. The van der Waals surface area contributed by atoms with Gasteiger partial charge in [0, 0.05) is 19.5 Å². The lowest BCUT2D eigenvalue weighted by Gasteiger charge is -2.10. The van der Waals surface area contributed by atoms with Gasteiger partial charge >= 0.3 is 5.97 Å². The number of hydrogen-bond acceptors (Lipinski definition) is 4. The summed E-state index contributed by atoms with van der Waals surface area (Å²) in [6.07, 6.45) is 1.58. The summed E-state index contributed by atoms with van der Waals surface area (Å²) >= 11 is 0. The van der Waals surface area contributed by atoms with Gasteiger partial charge in [-0.1, -0.05) is 6.92 Å². The predicted octanol–water partition coefficient (Wildman–Crippen LogP) is -0.0311. The Hall–Kier alpha value is -1.14. The molecule has 6 nitrogen and oxygen atoms in total. The molecule has 0 bridgehead atoms. The molecule has 0 rings (SSSR count). The Balaban J connectivity index is 3.42. The van der Waals surface area contributed by atoms with Crippen molar-refractivity contribution in [1.82, 2.24) is 5.32 Å². The zero-order valence-corrected chi connectivity index (χ0v) is 10.3. The summed E-state index contributed by atoms with van der Waals surface area (Å²) in [5.74, 6) is -0.656. The smallest absolute Gasteiger partial charge is 0.303 e. The second-order valence-corrected chi connectivity index (χ2v) is 4.02. The molecule has 0 aliphatic rings. The number of hydrogen-bond donors (Lipinski definition) is 3. The fraction of sp³-hybridized carbons (Fsp3) is 0.818. The lowest BCUT2D eigenvalue weighted by atomic mass is 10.0. The number of ether oxygens (including phenoxy) is 1. The van der Waals surface area contributed by atoms with Crippen LogP contribution in [0.1, 0.15) is 26.2 Å². The first-order chi connectivity index (χ1) is 8.06. The van der Waals surface area contributed by atoms with Crippen molar-refractivity contribution in [3.8, 4) is 0 Å². The van der Waals surface area contributed by atoms with Gasteiger partial charge < -0.3 is 20.9 Å². The summed E-state index contributed by atoms with van der Waals surface area (Å²) in [6.45, 7) is 3.33. The van der Waals surface area contributed by atoms with Crippen LogP contribution in [0.5, 0.6) is 0 Å². The quantitative estimate of drug-likeness (QED) is 0.470. The third-order valence-corrected chi connectivity index (χ3v) is 2.31. The van der Waals surface area contributed by atoms with Crippen LogP contribution in [-0.4, -0.2) is 43.3 Å². The molecule has 0 aromatic rings. The van der Waals surface area contributed by atoms with Crippen LogP contribution in [0.4, 0.5) is 0 Å². The Morgan fingerprint density at radius 1 is 1.41 bits per heavy atom. The summed E-state index contributed by atoms with van der Waals surface area (Å²) in [5, 5.41) is 11.2. The van der Waals surface area contributed by atoms with Gasteiger partial charge in [0.2, 0.25) is 5.91 Å². The fourth-order valence-electron chi connectivity index (χ4n) is 1.27. The van der Waals surface area contributed by atoms with Crippen LogP contribution in [0.3, 0.4) is 0 Å². The van der Waals surface area contributed by atoms with Crippen molar-refractivity contribution in [1.29, 1.82) is 0 Å². The molecule has 0 saturated heterocycles. The number of carboxylic acid groups (broad SMARTS) is 1. The van der Waals surface area contributed by atoms with E-state index in [0.29, 0.717) is 26.1 Å². The second-order valence-electron chi connectivity index (χ2n) is 4.02. The molecule has 1 atom stereocenters. The highest BCUT2D eigenvalue weighted by Gasteiger charge is 2.06. The zero-order valence-electron chi connectivity index (χ0n) is 10.3. The van der Waals surface area contributed by atoms with Gasteiger partial charge in [0.1, 0.15) is 6.61 Å². The molecule has 1 unspecified atom stereocenters. The molecule has 100 valence electrons. The highest BCUT2D eigenvalue weighted by Crippen LogP contribution is 2.08. The van der Waals surface area contributed by atoms with E-state index < -0.39 is 5.97 Å². The Morgan fingerprint density at radius 3 is 2.71 bits per heavy atom. The first kappa shape index (κ1) is 15.9. The van der Waals surface area contributed by atoms with Crippen molar-refractivity contribution >= 4 is 11.9 Å². The maximum absolute atomic E-state index is 11.2. The minimum absolute atomic E-state index is 0.0285. The average Bonchev–Trinajstić information content (AvgIpc) is 2.27. The van der Waals surface area contributed by atoms with Crippen molar-refractivity contribution in [3.05, 3.63) is 0 Å². The standard InChI is InChI=1S/C11H22N2O4/c1-9(2-3-11(15)16)4-6-13-10(14)8-17-7-5-12/h9H,2-8,12H2,1H3,(H,13,14)(H,15,16). The predicted molar refractivity (Wildman–Crippen MR) is 63.5 cm³/mol. The van der Waals surface area contributed by atoms with E-state index in [0.717, 1.165) is 6.42 Å². The van der Waals surface area contributed by atoms with E-state index in [1.807, 2.05) is 6.92 Å². The van der Waals surface area contributed by atoms with Gasteiger partial charge in [0.25, 0.3) is 0 Å². The van der Waals surface area contributed by atoms with Crippen LogP contribution in [0.15, 0.2) is 0 Å². The number of carboxylic acids is 1. The molecule has 0 aliphatic heterocycles. The molecule has 17 heavy (non-hydrogen) atoms. The van der Waals surface area contributed by atoms with Crippen molar-refractivity contribution < 1.29 is 19.4 Å². The lowest BCUT2D eigenvalue weighted by Crippen LogP contribution is -2.30. The van der Waals surface area contributed by atoms with Gasteiger partial charge in [-0.2, -0.15) is 0 Å². The van der Waals surface area contributed by atoms with Gasteiger partial charge in [-0.25, -0.2) is 0 Å². The molecular weight excluding hydrogens is 224 g/mol. The molecule has 1 amide bonds. The van der Waals surface area contributed by atoms with Gasteiger partial charge in [0.05, 0.1) is 6.61 Å². The van der Waals surface area contributed by atoms with Crippen LogP contribution in [-0.2, 0) is 14.3 Å². The number of aliphatic carboxylic acids is 1. The summed E-state index contributed by atoms with van der Waals surface area (Å²) in [4.78, 5) is 21.5. The third kappa shape index (κ3) is 11.1. The van der Waals surface area contributed by atoms with Crippen molar-refractivity contribution in [2.75, 3.05) is 26.3 Å². The zero-order chi connectivity index (χ0) is 13.1. The lowest BCUT2D eigenvalue weighted by molar-refractivity contribution is -0.137. The van der Waals surface area contributed by atoms with Crippen LogP contribution in [0.25, 0.3) is 0 Å². The van der Waals surface area contributed by atoms with Gasteiger partial charge in [-0.3, -0.25) is 9.59 Å². The Kier molecular flexibility index (Phi) is 9.37. The van der Waals surface area contributed by atoms with E-state index in [1.165, 1.54) is 0 Å². The van der Waals surface area contributed by atoms with Crippen molar-refractivity contribution in [2.24, 2.45) is 11.7 Å². The van der Waals surface area contributed by atoms with Gasteiger partial charge in [-0.05, 0) is 18.8 Å². The topological polar surface area (TPSA) is 102 Å². The minimum Gasteiger partial charge on any atom is -0.481 e. The molecule has 0 heterocycles. The van der Waals surface area contributed by atoms with E-state index in [9.17, 15) is 9.59 Å². The summed E-state index contributed by atoms with van der Waals surface area (Å²) in [6, 6.07) is 0. The third-order valence-electron chi connectivity index (χ3n) is 2.31. The summed E-state index contributed by atoms with van der Waals surface area (Å²) in [7, 11) is 0. The number of rotatable bonds is 10. The van der Waals surface area contributed by atoms with Crippen molar-refractivity contribution in [3.63, 3.8) is 0 Å². The largest absolute Gasteiger partial charge is 0.481 e. The van der Waals surface area contributed by atoms with E-state index in [4.69, 9.17) is 15.6 Å². The van der Waals surface area contributed by atoms with E-state index in [-0.39, 0.29) is 24.9 Å². The molecular formula is C11H22N2O4. The summed E-state index contributed by atoms with van der Waals surface area (Å²) in [5.41, 5.74) is 5.21. The molecule has 0 aromatic heterocycles. The van der Waals surface area contributed by atoms with E-state index in [2.05, 4.69) is 5.32 Å². The Bertz CT molecular complexity index is 234. The number of nitrogens with one attached hydrogen (secondary N) is 1. The molecule has 0 aliphatic carbocycles. The Labute approximate surface area is 102 Å². The van der Waals surface area contributed by atoms with Crippen molar-refractivity contribution in [2.45, 2.75) is 26.2 Å². The molecule has 0 aromatic carbocycles. The van der Waals surface area contributed by atoms with Crippen LogP contribution < -0.4 is 11.1 Å². The summed E-state index contributed by atoms with van der Waals surface area (Å²) < 4.78 is 4.97. The molecule has 6 heteroatoms.